The number of aromatic amines is 1. The number of rotatable bonds is 7. The van der Waals surface area contributed by atoms with Crippen molar-refractivity contribution in [2.24, 2.45) is 0 Å². The third kappa shape index (κ3) is 4.35. The van der Waals surface area contributed by atoms with E-state index >= 15 is 0 Å². The molecule has 0 saturated heterocycles. The molecule has 0 saturated carbocycles. The van der Waals surface area contributed by atoms with Crippen molar-refractivity contribution in [3.8, 4) is 27.4 Å². The first kappa shape index (κ1) is 18.9. The Kier molecular flexibility index (Phi) is 5.67. The van der Waals surface area contributed by atoms with Crippen LogP contribution in [0.4, 0.5) is 0 Å². The van der Waals surface area contributed by atoms with Gasteiger partial charge < -0.3 is 10.1 Å². The summed E-state index contributed by atoms with van der Waals surface area (Å²) in [6, 6.07) is 13.6. The molecule has 0 radical (unpaired) electrons. The molecule has 0 aliphatic carbocycles. The van der Waals surface area contributed by atoms with Crippen LogP contribution in [0.25, 0.3) is 21.7 Å². The van der Waals surface area contributed by atoms with Crippen LogP contribution in [0, 0.1) is 0 Å². The number of hydrogen-bond acceptors (Lipinski definition) is 5. The second-order valence-corrected chi connectivity index (χ2v) is 7.25. The number of benzene rings is 2. The minimum absolute atomic E-state index is 0.182. The average molecular weight is 404 g/mol. The molecular weight excluding hydrogens is 384 g/mol. The molecule has 146 valence electrons. The molecule has 0 fully saturated rings. The van der Waals surface area contributed by atoms with E-state index in [2.05, 4.69) is 20.5 Å². The highest BCUT2D eigenvalue weighted by Crippen LogP contribution is 2.27. The van der Waals surface area contributed by atoms with Crippen molar-refractivity contribution < 1.29 is 9.53 Å². The van der Waals surface area contributed by atoms with Crippen molar-refractivity contribution >= 4 is 17.2 Å². The summed E-state index contributed by atoms with van der Waals surface area (Å²) < 4.78 is 5.66. The van der Waals surface area contributed by atoms with E-state index in [0.717, 1.165) is 27.3 Å². The standard InChI is InChI=1S/C22H20N4O2S/c1-2-28-20-7-6-16(18-13-25-26-14-18)11-19(20)21(27)24-12-15-4-3-5-17(10-15)22-23-8-9-29-22/h3-11,13-14H,2,12H2,1H3,(H,24,27)(H,25,26). The molecule has 2 aromatic heterocycles. The fourth-order valence-corrected chi connectivity index (χ4v) is 3.67. The fraction of sp³-hybridized carbons (Fsp3) is 0.136. The predicted octanol–water partition coefficient (Wildman–Crippen LogP) is 4.53. The van der Waals surface area contributed by atoms with Crippen LogP contribution in [0.3, 0.4) is 0 Å². The van der Waals surface area contributed by atoms with Crippen LogP contribution in [-0.2, 0) is 6.54 Å². The molecule has 6 nitrogen and oxygen atoms in total. The highest BCUT2D eigenvalue weighted by molar-refractivity contribution is 7.13. The van der Waals surface area contributed by atoms with Crippen LogP contribution in [0.1, 0.15) is 22.8 Å². The zero-order valence-corrected chi connectivity index (χ0v) is 16.7. The van der Waals surface area contributed by atoms with Crippen LogP contribution in [-0.4, -0.2) is 27.7 Å². The van der Waals surface area contributed by atoms with Gasteiger partial charge in [-0.3, -0.25) is 9.89 Å². The van der Waals surface area contributed by atoms with Gasteiger partial charge in [0.25, 0.3) is 5.91 Å². The number of ether oxygens (including phenoxy) is 1. The van der Waals surface area contributed by atoms with Gasteiger partial charge in [-0.1, -0.05) is 24.3 Å². The number of nitrogens with one attached hydrogen (secondary N) is 2. The van der Waals surface area contributed by atoms with E-state index in [4.69, 9.17) is 4.74 Å². The number of amides is 1. The molecule has 0 bridgehead atoms. The molecule has 1 amide bonds. The maximum absolute atomic E-state index is 12.9. The molecule has 4 rings (SSSR count). The van der Waals surface area contributed by atoms with E-state index in [0.29, 0.717) is 24.5 Å². The SMILES string of the molecule is CCOc1ccc(-c2cn[nH]c2)cc1C(=O)NCc1cccc(-c2nccs2)c1. The van der Waals surface area contributed by atoms with Gasteiger partial charge in [0.2, 0.25) is 0 Å². The Morgan fingerprint density at radius 3 is 2.86 bits per heavy atom. The van der Waals surface area contributed by atoms with Crippen molar-refractivity contribution in [3.63, 3.8) is 0 Å². The minimum atomic E-state index is -0.182. The highest BCUT2D eigenvalue weighted by atomic mass is 32.1. The van der Waals surface area contributed by atoms with E-state index in [1.54, 1.807) is 29.9 Å². The maximum atomic E-state index is 12.9. The van der Waals surface area contributed by atoms with Gasteiger partial charge in [-0.15, -0.1) is 11.3 Å². The van der Waals surface area contributed by atoms with Crippen LogP contribution >= 0.6 is 11.3 Å². The van der Waals surface area contributed by atoms with E-state index in [9.17, 15) is 4.79 Å². The molecule has 0 atom stereocenters. The molecule has 2 aromatic carbocycles. The lowest BCUT2D eigenvalue weighted by Crippen LogP contribution is -2.23. The second kappa shape index (κ2) is 8.70. The summed E-state index contributed by atoms with van der Waals surface area (Å²) >= 11 is 1.59. The quantitative estimate of drug-likeness (QED) is 0.474. The smallest absolute Gasteiger partial charge is 0.255 e. The Hall–Kier alpha value is -3.45. The van der Waals surface area contributed by atoms with Gasteiger partial charge in [-0.05, 0) is 36.2 Å². The first-order chi connectivity index (χ1) is 14.2. The molecule has 7 heteroatoms. The van der Waals surface area contributed by atoms with E-state index in [-0.39, 0.29) is 5.91 Å². The predicted molar refractivity (Wildman–Crippen MR) is 114 cm³/mol. The van der Waals surface area contributed by atoms with Gasteiger partial charge in [-0.2, -0.15) is 5.10 Å². The van der Waals surface area contributed by atoms with Gasteiger partial charge in [0.1, 0.15) is 10.8 Å². The van der Waals surface area contributed by atoms with Crippen molar-refractivity contribution in [1.82, 2.24) is 20.5 Å². The summed E-state index contributed by atoms with van der Waals surface area (Å²) in [4.78, 5) is 17.3. The Bertz CT molecular complexity index is 1090. The van der Waals surface area contributed by atoms with Crippen molar-refractivity contribution in [2.75, 3.05) is 6.61 Å². The average Bonchev–Trinajstić information content (AvgIpc) is 3.47. The monoisotopic (exact) mass is 404 g/mol. The van der Waals surface area contributed by atoms with Crippen LogP contribution in [0.15, 0.2) is 66.4 Å². The van der Waals surface area contributed by atoms with Crippen molar-refractivity contribution in [1.29, 1.82) is 0 Å². The molecule has 29 heavy (non-hydrogen) atoms. The molecule has 0 aliphatic rings. The number of aromatic nitrogens is 3. The van der Waals surface area contributed by atoms with E-state index in [1.165, 1.54) is 0 Å². The molecule has 0 spiro atoms. The fourth-order valence-electron chi connectivity index (χ4n) is 3.04. The molecule has 2 heterocycles. The summed E-state index contributed by atoms with van der Waals surface area (Å²) in [5.41, 5.74) is 4.37. The Morgan fingerprint density at radius 1 is 1.17 bits per heavy atom. The van der Waals surface area contributed by atoms with Gasteiger partial charge in [-0.25, -0.2) is 4.98 Å². The first-order valence-electron chi connectivity index (χ1n) is 9.27. The summed E-state index contributed by atoms with van der Waals surface area (Å²) in [7, 11) is 0. The number of thiazole rings is 1. The normalized spacial score (nSPS) is 10.7. The highest BCUT2D eigenvalue weighted by Gasteiger charge is 2.15. The molecular formula is C22H20N4O2S. The molecule has 2 N–H and O–H groups in total. The third-order valence-electron chi connectivity index (χ3n) is 4.41. The molecule has 4 aromatic rings. The van der Waals surface area contributed by atoms with Gasteiger partial charge in [0, 0.05) is 35.4 Å². The van der Waals surface area contributed by atoms with Gasteiger partial charge in [0.05, 0.1) is 18.4 Å². The van der Waals surface area contributed by atoms with Crippen LogP contribution in [0.2, 0.25) is 0 Å². The maximum Gasteiger partial charge on any atom is 0.255 e. The number of carbonyl (C=O) groups is 1. The lowest BCUT2D eigenvalue weighted by molar-refractivity contribution is 0.0947. The van der Waals surface area contributed by atoms with E-state index < -0.39 is 0 Å². The van der Waals surface area contributed by atoms with Gasteiger partial charge in [0.15, 0.2) is 0 Å². The zero-order valence-electron chi connectivity index (χ0n) is 15.9. The topological polar surface area (TPSA) is 79.9 Å². The number of nitrogens with zero attached hydrogens (tertiary/aromatic N) is 2. The van der Waals surface area contributed by atoms with Gasteiger partial charge >= 0.3 is 0 Å². The van der Waals surface area contributed by atoms with Crippen molar-refractivity contribution in [3.05, 3.63) is 77.6 Å². The Morgan fingerprint density at radius 2 is 2.10 bits per heavy atom. The number of carbonyl (C=O) groups excluding carboxylic acids is 1. The Labute approximate surface area is 172 Å². The Balaban J connectivity index is 1.53. The summed E-state index contributed by atoms with van der Waals surface area (Å²) in [6.07, 6.45) is 5.31. The van der Waals surface area contributed by atoms with Crippen LogP contribution in [0.5, 0.6) is 5.75 Å². The molecule has 0 aliphatic heterocycles. The van der Waals surface area contributed by atoms with Crippen LogP contribution < -0.4 is 10.1 Å². The third-order valence-corrected chi connectivity index (χ3v) is 5.24. The summed E-state index contributed by atoms with van der Waals surface area (Å²) in [5, 5.41) is 12.7. The largest absolute Gasteiger partial charge is 0.493 e. The zero-order chi connectivity index (χ0) is 20.1. The first-order valence-corrected chi connectivity index (χ1v) is 10.2. The van der Waals surface area contributed by atoms with E-state index in [1.807, 2.05) is 54.8 Å². The minimum Gasteiger partial charge on any atom is -0.493 e. The van der Waals surface area contributed by atoms with Crippen molar-refractivity contribution in [2.45, 2.75) is 13.5 Å². The summed E-state index contributed by atoms with van der Waals surface area (Å²) in [6.45, 7) is 2.80. The lowest BCUT2D eigenvalue weighted by atomic mass is 10.0. The second-order valence-electron chi connectivity index (χ2n) is 6.35. The number of hydrogen-bond donors (Lipinski definition) is 2. The summed E-state index contributed by atoms with van der Waals surface area (Å²) in [5.74, 6) is 0.382. The molecule has 0 unspecified atom stereocenters. The number of H-pyrrole nitrogens is 1. The lowest BCUT2D eigenvalue weighted by Gasteiger charge is -2.12.